The van der Waals surface area contributed by atoms with Crippen LogP contribution in [0, 0.1) is 6.92 Å². The molecular formula is C14H18N2O. The van der Waals surface area contributed by atoms with Crippen molar-refractivity contribution >= 4 is 10.9 Å². The molecule has 0 amide bonds. The lowest BCUT2D eigenvalue weighted by Gasteiger charge is -2.04. The molecule has 0 saturated heterocycles. The third kappa shape index (κ3) is 1.91. The number of para-hydroxylation sites is 1. The average Bonchev–Trinajstić information content (AvgIpc) is 3.10. The zero-order chi connectivity index (χ0) is 11.8. The Kier molecular flexibility index (Phi) is 2.56. The topological polar surface area (TPSA) is 37.0 Å². The predicted molar refractivity (Wildman–Crippen MR) is 69.4 cm³/mol. The van der Waals surface area contributed by atoms with Crippen LogP contribution in [0.5, 0.6) is 5.75 Å². The molecule has 0 unspecified atom stereocenters. The molecule has 3 nitrogen and oxygen atoms in total. The van der Waals surface area contributed by atoms with Crippen LogP contribution in [-0.4, -0.2) is 18.1 Å². The molecule has 0 spiro atoms. The Morgan fingerprint density at radius 2 is 2.24 bits per heavy atom. The molecular weight excluding hydrogens is 212 g/mol. The monoisotopic (exact) mass is 230 g/mol. The SMILES string of the molecule is COc1cccc2c(CNC3CC3)c(C)[nH]c12. The molecule has 2 aromatic rings. The first-order valence-corrected chi connectivity index (χ1v) is 6.17. The van der Waals surface area contributed by atoms with Gasteiger partial charge in [0.1, 0.15) is 5.75 Å². The first kappa shape index (κ1) is 10.7. The van der Waals surface area contributed by atoms with Crippen molar-refractivity contribution in [1.82, 2.24) is 10.3 Å². The number of aryl methyl sites for hydroxylation is 1. The first-order valence-electron chi connectivity index (χ1n) is 6.17. The lowest BCUT2D eigenvalue weighted by molar-refractivity contribution is 0.419. The van der Waals surface area contributed by atoms with Crippen LogP contribution in [0.25, 0.3) is 10.9 Å². The zero-order valence-corrected chi connectivity index (χ0v) is 10.3. The maximum Gasteiger partial charge on any atom is 0.142 e. The minimum absolute atomic E-state index is 0.741. The van der Waals surface area contributed by atoms with Gasteiger partial charge in [-0.25, -0.2) is 0 Å². The van der Waals surface area contributed by atoms with E-state index in [1.165, 1.54) is 29.5 Å². The Balaban J connectivity index is 2.00. The van der Waals surface area contributed by atoms with Crippen molar-refractivity contribution in [2.75, 3.05) is 7.11 Å². The number of nitrogens with one attached hydrogen (secondary N) is 2. The van der Waals surface area contributed by atoms with E-state index in [0.29, 0.717) is 0 Å². The molecule has 1 heterocycles. The second kappa shape index (κ2) is 4.08. The summed E-state index contributed by atoms with van der Waals surface area (Å²) in [5.41, 5.74) is 3.71. The molecule has 1 aromatic carbocycles. The number of methoxy groups -OCH3 is 1. The van der Waals surface area contributed by atoms with Crippen molar-refractivity contribution in [2.45, 2.75) is 32.4 Å². The third-order valence-electron chi connectivity index (χ3n) is 3.48. The van der Waals surface area contributed by atoms with Crippen LogP contribution >= 0.6 is 0 Å². The molecule has 0 atom stereocenters. The number of hydrogen-bond donors (Lipinski definition) is 2. The highest BCUT2D eigenvalue weighted by atomic mass is 16.5. The maximum atomic E-state index is 5.38. The van der Waals surface area contributed by atoms with Gasteiger partial charge in [-0.15, -0.1) is 0 Å². The van der Waals surface area contributed by atoms with E-state index in [9.17, 15) is 0 Å². The van der Waals surface area contributed by atoms with E-state index in [-0.39, 0.29) is 0 Å². The van der Waals surface area contributed by atoms with Crippen molar-refractivity contribution in [3.8, 4) is 5.75 Å². The standard InChI is InChI=1S/C14H18N2O/c1-9-12(8-15-10-6-7-10)11-4-3-5-13(17-2)14(11)16-9/h3-5,10,15-16H,6-8H2,1-2H3. The van der Waals surface area contributed by atoms with E-state index in [0.717, 1.165) is 23.9 Å². The van der Waals surface area contributed by atoms with Gasteiger partial charge in [0.25, 0.3) is 0 Å². The summed E-state index contributed by atoms with van der Waals surface area (Å²) in [5, 5.41) is 4.84. The number of aromatic nitrogens is 1. The molecule has 1 saturated carbocycles. The number of fused-ring (bicyclic) bond motifs is 1. The molecule has 1 fully saturated rings. The van der Waals surface area contributed by atoms with E-state index in [1.807, 2.05) is 6.07 Å². The van der Waals surface area contributed by atoms with Crippen LogP contribution in [0.3, 0.4) is 0 Å². The summed E-state index contributed by atoms with van der Waals surface area (Å²) >= 11 is 0. The molecule has 3 rings (SSSR count). The van der Waals surface area contributed by atoms with Crippen LogP contribution in [0.1, 0.15) is 24.1 Å². The molecule has 17 heavy (non-hydrogen) atoms. The molecule has 90 valence electrons. The van der Waals surface area contributed by atoms with Gasteiger partial charge >= 0.3 is 0 Å². The molecule has 0 bridgehead atoms. The highest BCUT2D eigenvalue weighted by Crippen LogP contribution is 2.30. The summed E-state index contributed by atoms with van der Waals surface area (Å²) in [7, 11) is 1.72. The van der Waals surface area contributed by atoms with Crippen molar-refractivity contribution < 1.29 is 4.74 Å². The third-order valence-corrected chi connectivity index (χ3v) is 3.48. The van der Waals surface area contributed by atoms with Gasteiger partial charge in [-0.2, -0.15) is 0 Å². The quantitative estimate of drug-likeness (QED) is 0.847. The number of benzene rings is 1. The van der Waals surface area contributed by atoms with Gasteiger partial charge in [0.05, 0.1) is 12.6 Å². The smallest absolute Gasteiger partial charge is 0.142 e. The van der Waals surface area contributed by atoms with Crippen LogP contribution in [-0.2, 0) is 6.54 Å². The van der Waals surface area contributed by atoms with Gasteiger partial charge in [0.15, 0.2) is 0 Å². The van der Waals surface area contributed by atoms with Gasteiger partial charge < -0.3 is 15.0 Å². The van der Waals surface area contributed by atoms with Gasteiger partial charge in [0, 0.05) is 23.7 Å². The molecule has 1 aromatic heterocycles. The summed E-state index contributed by atoms with van der Waals surface area (Å²) in [5.74, 6) is 0.920. The lowest BCUT2D eigenvalue weighted by Crippen LogP contribution is -2.15. The van der Waals surface area contributed by atoms with E-state index >= 15 is 0 Å². The maximum absolute atomic E-state index is 5.38. The summed E-state index contributed by atoms with van der Waals surface area (Å²) in [6.07, 6.45) is 2.65. The average molecular weight is 230 g/mol. The fourth-order valence-corrected chi connectivity index (χ4v) is 2.31. The largest absolute Gasteiger partial charge is 0.495 e. The molecule has 2 N–H and O–H groups in total. The minimum atomic E-state index is 0.741. The Hall–Kier alpha value is -1.48. The second-order valence-corrected chi connectivity index (χ2v) is 4.77. The van der Waals surface area contributed by atoms with Crippen LogP contribution in [0.4, 0.5) is 0 Å². The molecule has 1 aliphatic rings. The van der Waals surface area contributed by atoms with Crippen molar-refractivity contribution in [3.05, 3.63) is 29.5 Å². The van der Waals surface area contributed by atoms with Crippen LogP contribution in [0.15, 0.2) is 18.2 Å². The highest BCUT2D eigenvalue weighted by molar-refractivity contribution is 5.89. The number of aromatic amines is 1. The van der Waals surface area contributed by atoms with E-state index in [4.69, 9.17) is 4.74 Å². The second-order valence-electron chi connectivity index (χ2n) is 4.77. The Morgan fingerprint density at radius 3 is 2.94 bits per heavy atom. The van der Waals surface area contributed by atoms with Crippen LogP contribution in [0.2, 0.25) is 0 Å². The van der Waals surface area contributed by atoms with Gasteiger partial charge in [-0.1, -0.05) is 12.1 Å². The number of rotatable bonds is 4. The van der Waals surface area contributed by atoms with Gasteiger partial charge in [-0.3, -0.25) is 0 Å². The fourth-order valence-electron chi connectivity index (χ4n) is 2.31. The summed E-state index contributed by atoms with van der Waals surface area (Å²) in [6, 6.07) is 6.95. The summed E-state index contributed by atoms with van der Waals surface area (Å²) < 4.78 is 5.38. The number of H-pyrrole nitrogens is 1. The molecule has 3 heteroatoms. The van der Waals surface area contributed by atoms with E-state index in [2.05, 4.69) is 29.4 Å². The van der Waals surface area contributed by atoms with Gasteiger partial charge in [0.2, 0.25) is 0 Å². The number of ether oxygens (including phenoxy) is 1. The molecule has 0 radical (unpaired) electrons. The predicted octanol–water partition coefficient (Wildman–Crippen LogP) is 2.74. The fraction of sp³-hybridized carbons (Fsp3) is 0.429. The number of hydrogen-bond acceptors (Lipinski definition) is 2. The first-order chi connectivity index (χ1) is 8.29. The highest BCUT2D eigenvalue weighted by Gasteiger charge is 2.21. The minimum Gasteiger partial charge on any atom is -0.495 e. The molecule has 0 aliphatic heterocycles. The van der Waals surface area contributed by atoms with Crippen molar-refractivity contribution in [3.63, 3.8) is 0 Å². The zero-order valence-electron chi connectivity index (χ0n) is 10.3. The summed E-state index contributed by atoms with van der Waals surface area (Å²) in [6.45, 7) is 3.08. The Labute approximate surface area is 101 Å². The van der Waals surface area contributed by atoms with Crippen LogP contribution < -0.4 is 10.1 Å². The van der Waals surface area contributed by atoms with Crippen molar-refractivity contribution in [1.29, 1.82) is 0 Å². The van der Waals surface area contributed by atoms with E-state index < -0.39 is 0 Å². The summed E-state index contributed by atoms with van der Waals surface area (Å²) in [4.78, 5) is 3.43. The van der Waals surface area contributed by atoms with Crippen molar-refractivity contribution in [2.24, 2.45) is 0 Å². The molecule has 1 aliphatic carbocycles. The van der Waals surface area contributed by atoms with Gasteiger partial charge in [-0.05, 0) is 31.4 Å². The Bertz CT molecular complexity index is 540. The normalized spacial score (nSPS) is 15.4. The van der Waals surface area contributed by atoms with E-state index in [1.54, 1.807) is 7.11 Å². The Morgan fingerprint density at radius 1 is 1.41 bits per heavy atom. The lowest BCUT2D eigenvalue weighted by atomic mass is 10.1.